The monoisotopic (exact) mass is 688 g/mol. The fourth-order valence-electron chi connectivity index (χ4n) is 5.12. The fraction of sp³-hybridized carbons (Fsp3) is 0.235. The Morgan fingerprint density at radius 1 is 0.978 bits per heavy atom. The number of carbonyl (C=O) groups is 1. The molecule has 0 bridgehead atoms. The topological polar surface area (TPSA) is 99.8 Å². The van der Waals surface area contributed by atoms with Crippen molar-refractivity contribution in [1.29, 1.82) is 0 Å². The second-order valence-electron chi connectivity index (χ2n) is 10.5. The summed E-state index contributed by atoms with van der Waals surface area (Å²) in [6.45, 7) is 6.28. The second-order valence-corrected chi connectivity index (χ2v) is 11.7. The van der Waals surface area contributed by atoms with Gasteiger partial charge in [0, 0.05) is 52.7 Å². The van der Waals surface area contributed by atoms with Crippen LogP contribution in [0.25, 0.3) is 22.6 Å². The molecule has 3 heterocycles. The highest BCUT2D eigenvalue weighted by atomic mass is 79.9. The SMILES string of the molecule is Cc1c(-c2nc(CN3CCOCC3)no2)cccc1-c1cccc(COc2cc(OCc3cccnc3)c(C=O)cc2Cl)c1Br. The lowest BCUT2D eigenvalue weighted by atomic mass is 9.95. The summed E-state index contributed by atoms with van der Waals surface area (Å²) < 4.78 is 24.1. The van der Waals surface area contributed by atoms with Gasteiger partial charge in [0.15, 0.2) is 12.1 Å². The smallest absolute Gasteiger partial charge is 0.258 e. The molecule has 0 aliphatic carbocycles. The Morgan fingerprint density at radius 3 is 2.56 bits per heavy atom. The first-order valence-corrected chi connectivity index (χ1v) is 15.6. The zero-order chi connectivity index (χ0) is 31.2. The minimum atomic E-state index is 0.226. The van der Waals surface area contributed by atoms with Crippen LogP contribution in [-0.4, -0.2) is 52.6 Å². The van der Waals surface area contributed by atoms with Crippen molar-refractivity contribution < 1.29 is 23.5 Å². The number of rotatable bonds is 11. The third-order valence-electron chi connectivity index (χ3n) is 7.56. The highest BCUT2D eigenvalue weighted by Crippen LogP contribution is 2.38. The summed E-state index contributed by atoms with van der Waals surface area (Å²) in [4.78, 5) is 22.8. The normalized spacial score (nSPS) is 13.5. The molecule has 0 atom stereocenters. The predicted octanol–water partition coefficient (Wildman–Crippen LogP) is 7.33. The van der Waals surface area contributed by atoms with Crippen LogP contribution >= 0.6 is 27.5 Å². The molecule has 2 aromatic heterocycles. The van der Waals surface area contributed by atoms with Crippen LogP contribution < -0.4 is 9.47 Å². The molecule has 11 heteroatoms. The van der Waals surface area contributed by atoms with Crippen LogP contribution in [0.5, 0.6) is 11.5 Å². The number of halogens is 2. The summed E-state index contributed by atoms with van der Waals surface area (Å²) in [6.07, 6.45) is 4.11. The molecular weight excluding hydrogens is 660 g/mol. The first-order chi connectivity index (χ1) is 22.0. The highest BCUT2D eigenvalue weighted by molar-refractivity contribution is 9.10. The zero-order valence-corrected chi connectivity index (χ0v) is 26.9. The molecule has 0 amide bonds. The Labute approximate surface area is 274 Å². The van der Waals surface area contributed by atoms with Gasteiger partial charge >= 0.3 is 0 Å². The van der Waals surface area contributed by atoms with Crippen molar-refractivity contribution in [2.45, 2.75) is 26.7 Å². The molecule has 0 radical (unpaired) electrons. The molecule has 9 nitrogen and oxygen atoms in total. The maximum Gasteiger partial charge on any atom is 0.258 e. The van der Waals surface area contributed by atoms with E-state index in [-0.39, 0.29) is 13.2 Å². The van der Waals surface area contributed by atoms with E-state index < -0.39 is 0 Å². The molecule has 3 aromatic carbocycles. The van der Waals surface area contributed by atoms with Gasteiger partial charge in [-0.05, 0) is 57.7 Å². The first-order valence-electron chi connectivity index (χ1n) is 14.4. The standard InChI is InChI=1S/C34H30BrClN4O5/c1-22-26(7-3-8-27(22)34-38-32(39-45-34)18-40-11-13-42-14-12-40)28-9-2-6-24(33(28)35)21-44-31-16-30(25(19-41)15-29(31)36)43-20-23-5-4-10-37-17-23/h2-10,15-17,19H,11-14,18,20-21H2,1H3. The van der Waals surface area contributed by atoms with Gasteiger partial charge < -0.3 is 18.7 Å². The number of hydrogen-bond donors (Lipinski definition) is 0. The Bertz CT molecular complexity index is 1790. The van der Waals surface area contributed by atoms with Gasteiger partial charge in [-0.3, -0.25) is 14.7 Å². The van der Waals surface area contributed by atoms with E-state index >= 15 is 0 Å². The Kier molecular flexibility index (Phi) is 9.85. The van der Waals surface area contributed by atoms with Crippen molar-refractivity contribution in [2.24, 2.45) is 0 Å². The maximum atomic E-state index is 11.7. The average Bonchev–Trinajstić information content (AvgIpc) is 3.53. The van der Waals surface area contributed by atoms with E-state index in [1.807, 2.05) is 49.4 Å². The number of hydrogen-bond acceptors (Lipinski definition) is 9. The van der Waals surface area contributed by atoms with Crippen molar-refractivity contribution in [3.8, 4) is 34.1 Å². The van der Waals surface area contributed by atoms with Gasteiger partial charge in [-0.2, -0.15) is 4.98 Å². The number of aromatic nitrogens is 3. The summed E-state index contributed by atoms with van der Waals surface area (Å²) in [5.41, 5.74) is 6.03. The van der Waals surface area contributed by atoms with Gasteiger partial charge in [-0.15, -0.1) is 0 Å². The number of ether oxygens (including phenoxy) is 3. The minimum absolute atomic E-state index is 0.226. The second kappa shape index (κ2) is 14.3. The summed E-state index contributed by atoms with van der Waals surface area (Å²) in [7, 11) is 0. The molecular formula is C34H30BrClN4O5. The molecule has 230 valence electrons. The number of aldehydes is 1. The number of morpholine rings is 1. The quantitative estimate of drug-likeness (QED) is 0.132. The van der Waals surface area contributed by atoms with Crippen molar-refractivity contribution in [3.63, 3.8) is 0 Å². The molecule has 1 aliphatic rings. The molecule has 0 saturated carbocycles. The van der Waals surface area contributed by atoms with Crippen LogP contribution in [-0.2, 0) is 24.5 Å². The lowest BCUT2D eigenvalue weighted by Gasteiger charge is -2.24. The fourth-order valence-corrected chi connectivity index (χ4v) is 5.94. The van der Waals surface area contributed by atoms with E-state index in [2.05, 4.69) is 37.0 Å². The predicted molar refractivity (Wildman–Crippen MR) is 173 cm³/mol. The summed E-state index contributed by atoms with van der Waals surface area (Å²) in [5, 5.41) is 4.54. The minimum Gasteiger partial charge on any atom is -0.488 e. The van der Waals surface area contributed by atoms with Crippen molar-refractivity contribution in [3.05, 3.63) is 111 Å². The maximum absolute atomic E-state index is 11.7. The molecule has 0 spiro atoms. The first kappa shape index (κ1) is 30.9. The summed E-state index contributed by atoms with van der Waals surface area (Å²) >= 11 is 10.3. The largest absolute Gasteiger partial charge is 0.488 e. The van der Waals surface area contributed by atoms with Crippen LogP contribution in [0.15, 0.2) is 82.1 Å². The summed E-state index contributed by atoms with van der Waals surface area (Å²) in [5.74, 6) is 1.93. The van der Waals surface area contributed by atoms with E-state index in [9.17, 15) is 4.79 Å². The van der Waals surface area contributed by atoms with Crippen LogP contribution in [0.3, 0.4) is 0 Å². The Morgan fingerprint density at radius 2 is 1.76 bits per heavy atom. The van der Waals surface area contributed by atoms with Crippen molar-refractivity contribution in [2.75, 3.05) is 26.3 Å². The van der Waals surface area contributed by atoms with E-state index in [4.69, 9.17) is 35.3 Å². The Balaban J connectivity index is 1.20. The van der Waals surface area contributed by atoms with E-state index in [1.165, 1.54) is 0 Å². The molecule has 6 rings (SSSR count). The van der Waals surface area contributed by atoms with E-state index in [0.717, 1.165) is 50.9 Å². The lowest BCUT2D eigenvalue weighted by Crippen LogP contribution is -2.35. The lowest BCUT2D eigenvalue weighted by molar-refractivity contribution is 0.0327. The molecule has 0 unspecified atom stereocenters. The van der Waals surface area contributed by atoms with Crippen LogP contribution in [0, 0.1) is 6.92 Å². The molecule has 0 N–H and O–H groups in total. The van der Waals surface area contributed by atoms with Crippen molar-refractivity contribution in [1.82, 2.24) is 20.0 Å². The summed E-state index contributed by atoms with van der Waals surface area (Å²) in [6, 6.07) is 19.0. The van der Waals surface area contributed by atoms with Gasteiger partial charge in [0.1, 0.15) is 24.7 Å². The van der Waals surface area contributed by atoms with Gasteiger partial charge in [-0.1, -0.05) is 53.2 Å². The number of benzene rings is 3. The molecule has 1 aliphatic heterocycles. The third kappa shape index (κ3) is 7.26. The van der Waals surface area contributed by atoms with Gasteiger partial charge in [-0.25, -0.2) is 0 Å². The molecule has 1 saturated heterocycles. The van der Waals surface area contributed by atoms with Crippen LogP contribution in [0.2, 0.25) is 5.02 Å². The number of carbonyl (C=O) groups excluding carboxylic acids is 1. The third-order valence-corrected chi connectivity index (χ3v) is 8.79. The van der Waals surface area contributed by atoms with Gasteiger partial charge in [0.25, 0.3) is 5.89 Å². The Hall–Kier alpha value is -4.09. The van der Waals surface area contributed by atoms with E-state index in [0.29, 0.717) is 59.8 Å². The van der Waals surface area contributed by atoms with Crippen LogP contribution in [0.1, 0.15) is 32.9 Å². The average molecular weight is 690 g/mol. The zero-order valence-electron chi connectivity index (χ0n) is 24.5. The van der Waals surface area contributed by atoms with Crippen molar-refractivity contribution >= 4 is 33.8 Å². The molecule has 5 aromatic rings. The highest BCUT2D eigenvalue weighted by Gasteiger charge is 2.19. The molecule has 45 heavy (non-hydrogen) atoms. The van der Waals surface area contributed by atoms with Crippen LogP contribution in [0.4, 0.5) is 0 Å². The molecule has 1 fully saturated rings. The van der Waals surface area contributed by atoms with E-state index in [1.54, 1.807) is 24.5 Å². The number of nitrogens with zero attached hydrogens (tertiary/aromatic N) is 4. The number of pyridine rings is 1. The van der Waals surface area contributed by atoms with Gasteiger partial charge in [0.2, 0.25) is 0 Å². The van der Waals surface area contributed by atoms with Gasteiger partial charge in [0.05, 0.1) is 30.3 Å².